The maximum absolute atomic E-state index is 13.7. The van der Waals surface area contributed by atoms with E-state index in [1.165, 1.54) is 4.90 Å². The van der Waals surface area contributed by atoms with E-state index in [-0.39, 0.29) is 52.8 Å². The molecule has 1 aliphatic carbocycles. The average molecular weight is 793 g/mol. The number of carbonyl (C=O) groups excluding carboxylic acids is 4. The minimum absolute atomic E-state index is 0.0264. The van der Waals surface area contributed by atoms with Gasteiger partial charge in [-0.15, -0.1) is 0 Å². The quantitative estimate of drug-likeness (QED) is 0.190. The largest absolute Gasteiger partial charge is 0.489 e. The van der Waals surface area contributed by atoms with Crippen LogP contribution in [0.2, 0.25) is 5.02 Å². The van der Waals surface area contributed by atoms with Crippen molar-refractivity contribution < 1.29 is 28.7 Å². The van der Waals surface area contributed by atoms with Crippen molar-refractivity contribution in [3.63, 3.8) is 0 Å². The molecule has 5 heterocycles. The summed E-state index contributed by atoms with van der Waals surface area (Å²) in [5.41, 5.74) is 2.54. The molecule has 57 heavy (non-hydrogen) atoms. The van der Waals surface area contributed by atoms with Gasteiger partial charge in [0.05, 0.1) is 41.0 Å². The second kappa shape index (κ2) is 14.8. The van der Waals surface area contributed by atoms with Gasteiger partial charge in [0.15, 0.2) is 5.78 Å². The molecule has 298 valence electrons. The van der Waals surface area contributed by atoms with Crippen molar-refractivity contribution in [2.24, 2.45) is 16.7 Å². The zero-order valence-electron chi connectivity index (χ0n) is 33.0. The summed E-state index contributed by atoms with van der Waals surface area (Å²) in [4.78, 5) is 63.4. The van der Waals surface area contributed by atoms with Gasteiger partial charge in [0.25, 0.3) is 11.8 Å². The molecule has 0 radical (unpaired) electrons. The van der Waals surface area contributed by atoms with Gasteiger partial charge in [0.2, 0.25) is 5.91 Å². The van der Waals surface area contributed by atoms with Gasteiger partial charge in [-0.2, -0.15) is 5.26 Å². The van der Waals surface area contributed by atoms with Crippen LogP contribution in [0.25, 0.3) is 0 Å². The Morgan fingerprint density at radius 3 is 2.37 bits per heavy atom. The number of nitrogens with zero attached hydrogens (tertiary/aromatic N) is 5. The number of Topliss-reactive ketones (excluding diaryl/α,β-unsaturated/α-hetero) is 1. The topological polar surface area (TPSA) is 145 Å². The van der Waals surface area contributed by atoms with Crippen LogP contribution in [0.15, 0.2) is 54.7 Å². The van der Waals surface area contributed by atoms with E-state index < -0.39 is 11.6 Å². The fourth-order valence-corrected chi connectivity index (χ4v) is 10.4. The highest BCUT2D eigenvalue weighted by Gasteiger charge is 2.63. The monoisotopic (exact) mass is 792 g/mol. The minimum Gasteiger partial charge on any atom is -0.489 e. The van der Waals surface area contributed by atoms with E-state index in [2.05, 4.69) is 53.9 Å². The SMILES string of the molecule is CC1(C)C(CC(=O)c2ccc(CCCN3CCN(c4ccc5c(c4)C(=O)N(C4CCC(=O)NC46COC6)C5=O)CC3)cn2)C(C)(C)C1Oc1ccc(C#N)c(Cl)c1. The van der Waals surface area contributed by atoms with Crippen LogP contribution < -0.4 is 15.0 Å². The predicted molar refractivity (Wildman–Crippen MR) is 213 cm³/mol. The third kappa shape index (κ3) is 6.98. The van der Waals surface area contributed by atoms with E-state index in [0.29, 0.717) is 59.2 Å². The molecule has 12 nitrogen and oxygen atoms in total. The van der Waals surface area contributed by atoms with Crippen LogP contribution in [0, 0.1) is 28.1 Å². The maximum atomic E-state index is 13.7. The number of piperazine rings is 1. The normalized spacial score (nSPS) is 24.6. The lowest BCUT2D eigenvalue weighted by Crippen LogP contribution is -2.75. The van der Waals surface area contributed by atoms with Crippen LogP contribution >= 0.6 is 11.6 Å². The van der Waals surface area contributed by atoms with E-state index in [1.807, 2.05) is 30.5 Å². The molecule has 3 aromatic rings. The van der Waals surface area contributed by atoms with Crippen molar-refractivity contribution in [3.05, 3.63) is 87.7 Å². The first-order chi connectivity index (χ1) is 27.2. The number of hydrogen-bond acceptors (Lipinski definition) is 10. The Labute approximate surface area is 338 Å². The fourth-order valence-electron chi connectivity index (χ4n) is 10.2. The number of pyridine rings is 1. The number of ketones is 1. The molecule has 3 amide bonds. The van der Waals surface area contributed by atoms with Crippen molar-refractivity contribution in [1.29, 1.82) is 5.26 Å². The van der Waals surface area contributed by atoms with E-state index in [1.54, 1.807) is 24.3 Å². The number of nitrogens with one attached hydrogen (secondary N) is 1. The van der Waals surface area contributed by atoms with Gasteiger partial charge in [-0.1, -0.05) is 45.4 Å². The summed E-state index contributed by atoms with van der Waals surface area (Å²) in [6.07, 6.45) is 4.60. The molecule has 4 fully saturated rings. The van der Waals surface area contributed by atoms with Crippen molar-refractivity contribution in [2.75, 3.05) is 50.8 Å². The highest BCUT2D eigenvalue weighted by Crippen LogP contribution is 2.61. The number of ether oxygens (including phenoxy) is 2. The zero-order valence-corrected chi connectivity index (χ0v) is 33.7. The van der Waals surface area contributed by atoms with Gasteiger partial charge in [0, 0.05) is 67.8 Å². The Balaban J connectivity index is 0.796. The maximum Gasteiger partial charge on any atom is 0.261 e. The molecule has 1 N–H and O–H groups in total. The summed E-state index contributed by atoms with van der Waals surface area (Å²) in [7, 11) is 0. The number of hydrogen-bond donors (Lipinski definition) is 1. The van der Waals surface area contributed by atoms with Crippen LogP contribution in [-0.2, 0) is 16.0 Å². The molecule has 1 saturated carbocycles. The molecule has 1 unspecified atom stereocenters. The summed E-state index contributed by atoms with van der Waals surface area (Å²) in [6, 6.07) is 16.2. The Morgan fingerprint density at radius 2 is 1.72 bits per heavy atom. The van der Waals surface area contributed by atoms with Crippen LogP contribution in [0.1, 0.15) is 95.7 Å². The summed E-state index contributed by atoms with van der Waals surface area (Å²) in [6.45, 7) is 13.5. The second-order valence-corrected chi connectivity index (χ2v) is 17.9. The van der Waals surface area contributed by atoms with E-state index in [9.17, 15) is 24.4 Å². The van der Waals surface area contributed by atoms with Crippen LogP contribution in [0.5, 0.6) is 5.75 Å². The molecular formula is C44H49ClN6O6. The number of anilines is 1. The van der Waals surface area contributed by atoms with Crippen molar-refractivity contribution >= 4 is 40.8 Å². The van der Waals surface area contributed by atoms with E-state index in [4.69, 9.17) is 21.1 Å². The number of rotatable bonds is 11. The number of nitriles is 1. The smallest absolute Gasteiger partial charge is 0.261 e. The summed E-state index contributed by atoms with van der Waals surface area (Å²) < 4.78 is 11.8. The lowest BCUT2D eigenvalue weighted by Gasteiger charge is -2.63. The third-order valence-corrected chi connectivity index (χ3v) is 13.6. The summed E-state index contributed by atoms with van der Waals surface area (Å²) in [5, 5.41) is 12.6. The minimum atomic E-state index is -0.694. The highest BCUT2D eigenvalue weighted by atomic mass is 35.5. The molecule has 4 aliphatic heterocycles. The molecule has 0 bridgehead atoms. The highest BCUT2D eigenvalue weighted by molar-refractivity contribution is 6.31. The standard InChI is InChI=1S/C44H49ClN6O6/c1-42(2)36(43(3,4)41(42)57-30-10-8-28(23-46)33(45)21-30)22-35(52)34-12-7-27(24-47-34)6-5-15-49-16-18-50(19-17-49)29-9-11-31-32(20-29)40(55)51(39(31)54)37-13-14-38(53)48-44(37)25-56-26-44/h7-12,20-21,24,36-37,41H,5-6,13-19,22,25-26H2,1-4H3,(H,48,53). The summed E-state index contributed by atoms with van der Waals surface area (Å²) >= 11 is 6.25. The van der Waals surface area contributed by atoms with Crippen molar-refractivity contribution in [2.45, 2.75) is 77.5 Å². The molecule has 13 heteroatoms. The van der Waals surface area contributed by atoms with Gasteiger partial charge < -0.3 is 19.7 Å². The van der Waals surface area contributed by atoms with Crippen LogP contribution in [0.3, 0.4) is 0 Å². The number of imide groups is 1. The van der Waals surface area contributed by atoms with Crippen LogP contribution in [-0.4, -0.2) is 102 Å². The van der Waals surface area contributed by atoms with Crippen molar-refractivity contribution in [1.82, 2.24) is 20.1 Å². The number of amides is 3. The fraction of sp³-hybridized carbons (Fsp3) is 0.500. The molecule has 1 spiro atoms. The third-order valence-electron chi connectivity index (χ3n) is 13.2. The van der Waals surface area contributed by atoms with Gasteiger partial charge in [0.1, 0.15) is 29.2 Å². The Bertz CT molecular complexity index is 2140. The van der Waals surface area contributed by atoms with Crippen molar-refractivity contribution in [3.8, 4) is 11.8 Å². The first-order valence-corrected chi connectivity index (χ1v) is 20.3. The van der Waals surface area contributed by atoms with Gasteiger partial charge in [-0.05, 0) is 73.7 Å². The number of fused-ring (bicyclic) bond motifs is 1. The Hall–Kier alpha value is -4.83. The lowest BCUT2D eigenvalue weighted by molar-refractivity contribution is -0.196. The second-order valence-electron chi connectivity index (χ2n) is 17.5. The van der Waals surface area contributed by atoms with Crippen LogP contribution in [0.4, 0.5) is 5.69 Å². The first-order valence-electron chi connectivity index (χ1n) is 19.9. The number of aromatic nitrogens is 1. The average Bonchev–Trinajstić information content (AvgIpc) is 3.43. The molecule has 3 saturated heterocycles. The van der Waals surface area contributed by atoms with E-state index >= 15 is 0 Å². The van der Waals surface area contributed by atoms with Gasteiger partial charge in [-0.3, -0.25) is 34.0 Å². The molecule has 2 aromatic carbocycles. The molecule has 1 atom stereocenters. The predicted octanol–water partition coefficient (Wildman–Crippen LogP) is 5.71. The van der Waals surface area contributed by atoms with Gasteiger partial charge >= 0.3 is 0 Å². The molecular weight excluding hydrogens is 744 g/mol. The van der Waals surface area contributed by atoms with Gasteiger partial charge in [-0.25, -0.2) is 0 Å². The Kier molecular flexibility index (Phi) is 10.2. The Morgan fingerprint density at radius 1 is 0.982 bits per heavy atom. The zero-order chi connectivity index (χ0) is 40.3. The van der Waals surface area contributed by atoms with E-state index in [0.717, 1.165) is 56.8 Å². The number of piperidine rings is 1. The number of aryl methyl sites for hydroxylation is 1. The number of benzene rings is 2. The molecule has 5 aliphatic rings. The number of carbonyl (C=O) groups is 4. The first kappa shape index (κ1) is 39.0. The molecule has 1 aromatic heterocycles. The molecule has 8 rings (SSSR count). The summed E-state index contributed by atoms with van der Waals surface area (Å²) in [5.74, 6) is 0.0583. The lowest BCUT2D eigenvalue weighted by atomic mass is 9.44. The number of halogens is 1.